The molecule has 0 saturated heterocycles. The molecule has 0 bridgehead atoms. The molecule has 1 heterocycles. The average molecular weight is 326 g/mol. The van der Waals surface area contributed by atoms with Crippen LogP contribution in [0.4, 0.5) is 11.4 Å². The molecule has 1 aromatic rings. The minimum absolute atomic E-state index is 0.102. The fraction of sp³-hybridized carbons (Fsp3) is 0.474. The van der Waals surface area contributed by atoms with Crippen molar-refractivity contribution < 1.29 is 9.66 Å². The van der Waals surface area contributed by atoms with Crippen molar-refractivity contribution in [3.05, 3.63) is 52.1 Å². The van der Waals surface area contributed by atoms with Crippen LogP contribution in [0, 0.1) is 22.0 Å². The lowest BCUT2D eigenvalue weighted by Gasteiger charge is -2.42. The van der Waals surface area contributed by atoms with Gasteiger partial charge in [-0.25, -0.2) is 0 Å². The number of anilines is 1. The number of allylic oxidation sites excluding steroid dienone is 4. The Morgan fingerprint density at radius 3 is 2.83 bits per heavy atom. The van der Waals surface area contributed by atoms with E-state index >= 15 is 0 Å². The summed E-state index contributed by atoms with van der Waals surface area (Å²) >= 11 is 0. The Morgan fingerprint density at radius 2 is 2.12 bits per heavy atom. The molecule has 3 aliphatic rings. The maximum absolute atomic E-state index is 11.3. The smallest absolute Gasteiger partial charge is 0.273 e. The number of methoxy groups -OCH3 is 1. The van der Waals surface area contributed by atoms with Crippen LogP contribution in [0.5, 0.6) is 5.75 Å². The van der Waals surface area contributed by atoms with E-state index in [1.807, 2.05) is 0 Å². The molecule has 0 radical (unpaired) electrons. The first-order chi connectivity index (χ1) is 11.7. The largest absolute Gasteiger partial charge is 0.494 e. The zero-order valence-corrected chi connectivity index (χ0v) is 13.8. The van der Waals surface area contributed by atoms with E-state index in [0.717, 1.165) is 30.5 Å². The van der Waals surface area contributed by atoms with Crippen LogP contribution in [0.15, 0.2) is 36.4 Å². The second-order valence-electron chi connectivity index (χ2n) is 6.94. The summed E-state index contributed by atoms with van der Waals surface area (Å²) < 4.78 is 5.48. The van der Waals surface area contributed by atoms with Crippen molar-refractivity contribution in [2.45, 2.75) is 37.6 Å². The normalized spacial score (nSPS) is 30.4. The van der Waals surface area contributed by atoms with E-state index in [4.69, 9.17) is 4.74 Å². The summed E-state index contributed by atoms with van der Waals surface area (Å²) in [6.45, 7) is 0. The van der Waals surface area contributed by atoms with Gasteiger partial charge >= 0.3 is 0 Å². The molecule has 5 nitrogen and oxygen atoms in total. The van der Waals surface area contributed by atoms with Gasteiger partial charge in [0.05, 0.1) is 23.8 Å². The maximum atomic E-state index is 11.3. The molecular formula is C19H22N2O3. The fourth-order valence-electron chi connectivity index (χ4n) is 4.57. The molecule has 2 aliphatic carbocycles. The molecule has 0 unspecified atom stereocenters. The Kier molecular flexibility index (Phi) is 3.79. The molecule has 24 heavy (non-hydrogen) atoms. The first-order valence-electron chi connectivity index (χ1n) is 8.63. The topological polar surface area (TPSA) is 64.4 Å². The first-order valence-corrected chi connectivity index (χ1v) is 8.63. The molecule has 0 saturated carbocycles. The molecular weight excluding hydrogens is 304 g/mol. The van der Waals surface area contributed by atoms with Gasteiger partial charge in [0.1, 0.15) is 5.75 Å². The quantitative estimate of drug-likeness (QED) is 0.507. The number of hydrogen-bond donors (Lipinski definition) is 1. The molecule has 1 aliphatic heterocycles. The summed E-state index contributed by atoms with van der Waals surface area (Å²) in [6.07, 6.45) is 13.5. The van der Waals surface area contributed by atoms with E-state index in [9.17, 15) is 10.1 Å². The third kappa shape index (κ3) is 2.39. The summed E-state index contributed by atoms with van der Waals surface area (Å²) in [7, 11) is 1.58. The number of nitrogens with zero attached hydrogens (tertiary/aromatic N) is 1. The first kappa shape index (κ1) is 15.2. The number of nitrogens with one attached hydrogen (secondary N) is 1. The lowest BCUT2D eigenvalue weighted by Crippen LogP contribution is -2.42. The zero-order chi connectivity index (χ0) is 16.7. The van der Waals surface area contributed by atoms with Crippen molar-refractivity contribution >= 4 is 11.4 Å². The number of benzene rings is 1. The van der Waals surface area contributed by atoms with Gasteiger partial charge < -0.3 is 10.1 Å². The number of fused-ring (bicyclic) bond motifs is 3. The van der Waals surface area contributed by atoms with E-state index in [0.29, 0.717) is 23.6 Å². The minimum atomic E-state index is -0.339. The molecule has 0 fully saturated rings. The van der Waals surface area contributed by atoms with E-state index in [2.05, 4.69) is 29.6 Å². The van der Waals surface area contributed by atoms with Gasteiger partial charge in [0.25, 0.3) is 5.69 Å². The molecule has 1 aromatic carbocycles. The van der Waals surface area contributed by atoms with Gasteiger partial charge in [-0.2, -0.15) is 0 Å². The molecule has 126 valence electrons. The summed E-state index contributed by atoms with van der Waals surface area (Å²) in [5, 5.41) is 15.0. The van der Waals surface area contributed by atoms with E-state index < -0.39 is 0 Å². The van der Waals surface area contributed by atoms with E-state index in [-0.39, 0.29) is 16.5 Å². The van der Waals surface area contributed by atoms with Crippen LogP contribution in [0.25, 0.3) is 0 Å². The molecule has 4 rings (SSSR count). The van der Waals surface area contributed by atoms with Crippen LogP contribution in [0.3, 0.4) is 0 Å². The fourth-order valence-corrected chi connectivity index (χ4v) is 4.57. The Labute approximate surface area is 141 Å². The zero-order valence-electron chi connectivity index (χ0n) is 13.8. The second kappa shape index (κ2) is 5.96. The standard InChI is InChI=1S/C19H22N2O3/c1-24-17-11-13(21(22)23)10-16-14-8-5-9-15(14)18(20-19(16)17)12-6-3-2-4-7-12/h2-3,5,8,10-12,14-15,18,20H,4,6-7,9H2,1H3/t12-,14+,15-,18+/m0/s1. The van der Waals surface area contributed by atoms with Gasteiger partial charge in [0.15, 0.2) is 0 Å². The third-order valence-corrected chi connectivity index (χ3v) is 5.71. The lowest BCUT2D eigenvalue weighted by atomic mass is 9.72. The summed E-state index contributed by atoms with van der Waals surface area (Å²) in [5.41, 5.74) is 2.04. The van der Waals surface area contributed by atoms with Crippen molar-refractivity contribution in [2.75, 3.05) is 12.4 Å². The predicted molar refractivity (Wildman–Crippen MR) is 93.5 cm³/mol. The van der Waals surface area contributed by atoms with E-state index in [1.165, 1.54) is 12.5 Å². The number of nitro groups is 1. The Bertz CT molecular complexity index is 726. The second-order valence-corrected chi connectivity index (χ2v) is 6.94. The summed E-state index contributed by atoms with van der Waals surface area (Å²) in [5.74, 6) is 1.90. The Hall–Kier alpha value is -2.30. The Balaban J connectivity index is 1.78. The highest BCUT2D eigenvalue weighted by molar-refractivity contribution is 5.70. The molecule has 0 spiro atoms. The van der Waals surface area contributed by atoms with Crippen molar-refractivity contribution in [3.63, 3.8) is 0 Å². The van der Waals surface area contributed by atoms with Gasteiger partial charge in [0.2, 0.25) is 0 Å². The van der Waals surface area contributed by atoms with Crippen LogP contribution in [0.1, 0.15) is 37.2 Å². The van der Waals surface area contributed by atoms with Gasteiger partial charge in [0, 0.05) is 18.0 Å². The SMILES string of the molecule is COc1cc([N+](=O)[O-])cc2c1N[C@H]([C@H]1CC=CCC1)[C@H]1CC=C[C@@H]21. The number of rotatable bonds is 3. The highest BCUT2D eigenvalue weighted by Crippen LogP contribution is 2.51. The van der Waals surface area contributed by atoms with Crippen molar-refractivity contribution in [1.82, 2.24) is 0 Å². The summed E-state index contributed by atoms with van der Waals surface area (Å²) in [4.78, 5) is 10.9. The van der Waals surface area contributed by atoms with Crippen molar-refractivity contribution in [2.24, 2.45) is 11.8 Å². The number of nitro benzene ring substituents is 1. The van der Waals surface area contributed by atoms with E-state index in [1.54, 1.807) is 13.2 Å². The molecule has 0 amide bonds. The maximum Gasteiger partial charge on any atom is 0.273 e. The van der Waals surface area contributed by atoms with Crippen LogP contribution in [0.2, 0.25) is 0 Å². The average Bonchev–Trinajstić information content (AvgIpc) is 3.10. The number of ether oxygens (including phenoxy) is 1. The highest BCUT2D eigenvalue weighted by atomic mass is 16.6. The van der Waals surface area contributed by atoms with Crippen LogP contribution in [-0.2, 0) is 0 Å². The molecule has 0 aromatic heterocycles. The monoisotopic (exact) mass is 326 g/mol. The van der Waals surface area contributed by atoms with Crippen LogP contribution >= 0.6 is 0 Å². The minimum Gasteiger partial charge on any atom is -0.494 e. The van der Waals surface area contributed by atoms with Crippen LogP contribution < -0.4 is 10.1 Å². The van der Waals surface area contributed by atoms with Gasteiger partial charge in [-0.1, -0.05) is 24.3 Å². The Morgan fingerprint density at radius 1 is 1.25 bits per heavy atom. The molecule has 4 atom stereocenters. The van der Waals surface area contributed by atoms with Crippen molar-refractivity contribution in [1.29, 1.82) is 0 Å². The predicted octanol–water partition coefficient (Wildman–Crippen LogP) is 4.41. The highest BCUT2D eigenvalue weighted by Gasteiger charge is 2.42. The molecule has 1 N–H and O–H groups in total. The number of hydrogen-bond acceptors (Lipinski definition) is 4. The van der Waals surface area contributed by atoms with Gasteiger partial charge in [-0.15, -0.1) is 0 Å². The lowest BCUT2D eigenvalue weighted by molar-refractivity contribution is -0.385. The molecule has 5 heteroatoms. The van der Waals surface area contributed by atoms with Crippen molar-refractivity contribution in [3.8, 4) is 5.75 Å². The van der Waals surface area contributed by atoms with Gasteiger partial charge in [-0.05, 0) is 43.1 Å². The summed E-state index contributed by atoms with van der Waals surface area (Å²) in [6, 6.07) is 3.63. The van der Waals surface area contributed by atoms with Gasteiger partial charge in [-0.3, -0.25) is 10.1 Å². The number of non-ortho nitro benzene ring substituents is 1. The van der Waals surface area contributed by atoms with Crippen LogP contribution in [-0.4, -0.2) is 18.1 Å². The third-order valence-electron chi connectivity index (χ3n) is 5.71.